The number of carboxylic acid groups (broad SMARTS) is 1. The van der Waals surface area contributed by atoms with Crippen LogP contribution >= 0.6 is 0 Å². The molecule has 0 bridgehead atoms. The number of rotatable bonds is 6. The molecule has 1 unspecified atom stereocenters. The molecule has 2 nitrogen and oxygen atoms in total. The predicted octanol–water partition coefficient (Wildman–Crippen LogP) is 4.61. The van der Waals surface area contributed by atoms with Gasteiger partial charge in [0, 0.05) is 0 Å². The molecule has 0 saturated heterocycles. The maximum atomic E-state index is 11.2. The molecule has 0 aromatic heterocycles. The van der Waals surface area contributed by atoms with Crippen LogP contribution < -0.4 is 0 Å². The van der Waals surface area contributed by atoms with E-state index < -0.39 is 5.97 Å². The van der Waals surface area contributed by atoms with Crippen molar-refractivity contribution in [1.29, 1.82) is 0 Å². The van der Waals surface area contributed by atoms with Crippen LogP contribution in [0.3, 0.4) is 0 Å². The van der Waals surface area contributed by atoms with Crippen LogP contribution in [-0.4, -0.2) is 11.1 Å². The molecular formula is C17H26O2. The monoisotopic (exact) mass is 262 g/mol. The first-order valence-corrected chi connectivity index (χ1v) is 7.20. The molecule has 1 rings (SSSR count). The molecule has 0 spiro atoms. The summed E-state index contributed by atoms with van der Waals surface area (Å²) in [6.45, 7) is 10.6. The Morgan fingerprint density at radius 3 is 1.95 bits per heavy atom. The van der Waals surface area contributed by atoms with E-state index in [4.69, 9.17) is 0 Å². The van der Waals surface area contributed by atoms with Crippen molar-refractivity contribution in [2.75, 3.05) is 0 Å². The third-order valence-electron chi connectivity index (χ3n) is 4.12. The highest BCUT2D eigenvalue weighted by Crippen LogP contribution is 2.36. The zero-order valence-electron chi connectivity index (χ0n) is 12.8. The molecule has 0 aliphatic heterocycles. The lowest BCUT2D eigenvalue weighted by molar-refractivity contribution is -0.137. The van der Waals surface area contributed by atoms with E-state index in [9.17, 15) is 9.90 Å². The highest BCUT2D eigenvalue weighted by atomic mass is 16.4. The van der Waals surface area contributed by atoms with Crippen molar-refractivity contribution in [3.63, 3.8) is 0 Å². The summed E-state index contributed by atoms with van der Waals surface area (Å²) in [5.74, 6) is -0.124. The third kappa shape index (κ3) is 3.82. The van der Waals surface area contributed by atoms with Gasteiger partial charge in [-0.15, -0.1) is 0 Å². The van der Waals surface area contributed by atoms with Crippen molar-refractivity contribution in [3.8, 4) is 0 Å². The van der Waals surface area contributed by atoms with E-state index in [0.29, 0.717) is 5.92 Å². The van der Waals surface area contributed by atoms with E-state index in [2.05, 4.69) is 46.8 Å². The minimum Gasteiger partial charge on any atom is -0.481 e. The molecule has 0 heterocycles. The smallest absolute Gasteiger partial charge is 0.303 e. The summed E-state index contributed by atoms with van der Waals surface area (Å²) in [5.41, 5.74) is 4.96. The van der Waals surface area contributed by atoms with Gasteiger partial charge in [0.15, 0.2) is 0 Å². The van der Waals surface area contributed by atoms with Gasteiger partial charge in [-0.3, -0.25) is 4.79 Å². The summed E-state index contributed by atoms with van der Waals surface area (Å²) < 4.78 is 0. The van der Waals surface area contributed by atoms with Gasteiger partial charge in [0.2, 0.25) is 0 Å². The van der Waals surface area contributed by atoms with Crippen LogP contribution in [0.4, 0.5) is 0 Å². The molecular weight excluding hydrogens is 236 g/mol. The van der Waals surface area contributed by atoms with E-state index in [1.54, 1.807) is 0 Å². The summed E-state index contributed by atoms with van der Waals surface area (Å²) in [5, 5.41) is 9.22. The van der Waals surface area contributed by atoms with Gasteiger partial charge in [-0.1, -0.05) is 44.4 Å². The van der Waals surface area contributed by atoms with E-state index in [1.807, 2.05) is 0 Å². The van der Waals surface area contributed by atoms with Crippen molar-refractivity contribution < 1.29 is 9.90 Å². The maximum absolute atomic E-state index is 11.2. The lowest BCUT2D eigenvalue weighted by Gasteiger charge is -2.28. The normalized spacial score (nSPS) is 12.7. The summed E-state index contributed by atoms with van der Waals surface area (Å²) in [4.78, 5) is 11.2. The first-order valence-electron chi connectivity index (χ1n) is 7.20. The Labute approximate surface area is 116 Å². The zero-order chi connectivity index (χ0) is 14.6. The largest absolute Gasteiger partial charge is 0.481 e. The van der Waals surface area contributed by atoms with Crippen molar-refractivity contribution in [1.82, 2.24) is 0 Å². The summed E-state index contributed by atoms with van der Waals surface area (Å²) in [6, 6.07) is 4.33. The third-order valence-corrected chi connectivity index (χ3v) is 4.12. The molecule has 0 saturated carbocycles. The molecule has 0 fully saturated rings. The quantitative estimate of drug-likeness (QED) is 0.813. The Kier molecular flexibility index (Phi) is 5.59. The fourth-order valence-electron chi connectivity index (χ4n) is 3.33. The van der Waals surface area contributed by atoms with Gasteiger partial charge in [-0.05, 0) is 49.3 Å². The molecule has 1 N–H and O–H groups in total. The highest BCUT2D eigenvalue weighted by Gasteiger charge is 2.26. The second-order valence-corrected chi connectivity index (χ2v) is 5.59. The lowest BCUT2D eigenvalue weighted by Crippen LogP contribution is -2.18. The number of carboxylic acids is 1. The van der Waals surface area contributed by atoms with Crippen LogP contribution in [0.2, 0.25) is 0 Å². The van der Waals surface area contributed by atoms with Crippen LogP contribution in [0, 0.1) is 26.7 Å². The fraction of sp³-hybridized carbons (Fsp3) is 0.588. The SMILES string of the molecule is CCC(CC)C(CC(=O)O)c1c(C)cc(C)cc1C. The second-order valence-electron chi connectivity index (χ2n) is 5.59. The van der Waals surface area contributed by atoms with Crippen molar-refractivity contribution in [3.05, 3.63) is 34.4 Å². The van der Waals surface area contributed by atoms with Gasteiger partial charge >= 0.3 is 5.97 Å². The Morgan fingerprint density at radius 1 is 1.11 bits per heavy atom. The molecule has 0 amide bonds. The topological polar surface area (TPSA) is 37.3 Å². The Bertz CT molecular complexity index is 422. The average Bonchev–Trinajstić information content (AvgIpc) is 2.28. The van der Waals surface area contributed by atoms with Crippen molar-refractivity contribution in [2.45, 2.75) is 59.8 Å². The van der Waals surface area contributed by atoms with Gasteiger partial charge in [0.05, 0.1) is 6.42 Å². The van der Waals surface area contributed by atoms with Gasteiger partial charge in [-0.25, -0.2) is 0 Å². The summed E-state index contributed by atoms with van der Waals surface area (Å²) in [7, 11) is 0. The number of carbonyl (C=O) groups is 1. The zero-order valence-corrected chi connectivity index (χ0v) is 12.8. The maximum Gasteiger partial charge on any atom is 0.303 e. The standard InChI is InChI=1S/C17H26O2/c1-6-14(7-2)15(10-16(18)19)17-12(4)8-11(3)9-13(17)5/h8-9,14-15H,6-7,10H2,1-5H3,(H,18,19). The van der Waals surface area contributed by atoms with Gasteiger partial charge < -0.3 is 5.11 Å². The van der Waals surface area contributed by atoms with Crippen LogP contribution in [0.5, 0.6) is 0 Å². The number of benzene rings is 1. The molecule has 2 heteroatoms. The predicted molar refractivity (Wildman–Crippen MR) is 79.7 cm³/mol. The highest BCUT2D eigenvalue weighted by molar-refractivity contribution is 5.68. The first kappa shape index (κ1) is 15.7. The Balaban J connectivity index is 3.27. The number of hydrogen-bond acceptors (Lipinski definition) is 1. The van der Waals surface area contributed by atoms with Gasteiger partial charge in [0.1, 0.15) is 0 Å². The fourth-order valence-corrected chi connectivity index (χ4v) is 3.33. The number of hydrogen-bond donors (Lipinski definition) is 1. The van der Waals surface area contributed by atoms with E-state index >= 15 is 0 Å². The number of aliphatic carboxylic acids is 1. The average molecular weight is 262 g/mol. The minimum atomic E-state index is -0.698. The van der Waals surface area contributed by atoms with E-state index in [0.717, 1.165) is 12.8 Å². The summed E-state index contributed by atoms with van der Waals surface area (Å²) in [6.07, 6.45) is 2.29. The molecule has 1 atom stereocenters. The molecule has 0 aliphatic carbocycles. The first-order chi connectivity index (χ1) is 8.90. The van der Waals surface area contributed by atoms with Gasteiger partial charge in [0.25, 0.3) is 0 Å². The molecule has 19 heavy (non-hydrogen) atoms. The van der Waals surface area contributed by atoms with Crippen molar-refractivity contribution in [2.24, 2.45) is 5.92 Å². The van der Waals surface area contributed by atoms with E-state index in [-0.39, 0.29) is 12.3 Å². The summed E-state index contributed by atoms with van der Waals surface area (Å²) >= 11 is 0. The van der Waals surface area contributed by atoms with E-state index in [1.165, 1.54) is 22.3 Å². The van der Waals surface area contributed by atoms with Crippen LogP contribution in [0.25, 0.3) is 0 Å². The Morgan fingerprint density at radius 2 is 1.58 bits per heavy atom. The minimum absolute atomic E-state index is 0.132. The number of aryl methyl sites for hydroxylation is 3. The molecule has 106 valence electrons. The second kappa shape index (κ2) is 6.74. The van der Waals surface area contributed by atoms with Gasteiger partial charge in [-0.2, -0.15) is 0 Å². The molecule has 1 aromatic carbocycles. The van der Waals surface area contributed by atoms with Crippen LogP contribution in [-0.2, 0) is 4.79 Å². The molecule has 0 aliphatic rings. The van der Waals surface area contributed by atoms with Crippen LogP contribution in [0.15, 0.2) is 12.1 Å². The van der Waals surface area contributed by atoms with Crippen LogP contribution in [0.1, 0.15) is 61.3 Å². The molecule has 0 radical (unpaired) electrons. The molecule has 1 aromatic rings. The van der Waals surface area contributed by atoms with Crippen molar-refractivity contribution >= 4 is 5.97 Å². The Hall–Kier alpha value is -1.31. The lowest BCUT2D eigenvalue weighted by atomic mass is 9.77.